The zero-order valence-electron chi connectivity index (χ0n) is 10.7. The van der Waals surface area contributed by atoms with E-state index in [2.05, 4.69) is 5.32 Å². The van der Waals surface area contributed by atoms with Gasteiger partial charge in [-0.05, 0) is 18.2 Å². The van der Waals surface area contributed by atoms with Crippen molar-refractivity contribution < 1.29 is 23.8 Å². The molecule has 0 fully saturated rings. The second-order valence-electron chi connectivity index (χ2n) is 3.86. The zero-order valence-corrected chi connectivity index (χ0v) is 11.5. The van der Waals surface area contributed by atoms with E-state index in [4.69, 9.17) is 21.4 Å². The Bertz CT molecular complexity index is 498. The molecule has 0 radical (unpaired) electrons. The lowest BCUT2D eigenvalue weighted by molar-refractivity contribution is -0.137. The monoisotopic (exact) mass is 304 g/mol. The fourth-order valence-corrected chi connectivity index (χ4v) is 1.57. The number of carboxylic acid groups (broad SMARTS) is 1. The predicted octanol–water partition coefficient (Wildman–Crippen LogP) is 2.04. The second-order valence-corrected chi connectivity index (χ2v) is 4.27. The van der Waals surface area contributed by atoms with Crippen molar-refractivity contribution in [2.45, 2.75) is 0 Å². The Morgan fingerprint density at radius 2 is 2.20 bits per heavy atom. The molecule has 110 valence electrons. The third-order valence-electron chi connectivity index (χ3n) is 2.35. The van der Waals surface area contributed by atoms with Crippen LogP contribution in [0.4, 0.5) is 14.9 Å². The Kier molecular flexibility index (Phi) is 6.20. The first-order valence-corrected chi connectivity index (χ1v) is 6.03. The molecule has 0 aliphatic carbocycles. The maximum absolute atomic E-state index is 13.1. The van der Waals surface area contributed by atoms with Crippen molar-refractivity contribution in [3.05, 3.63) is 29.0 Å². The van der Waals surface area contributed by atoms with E-state index in [0.29, 0.717) is 0 Å². The third-order valence-corrected chi connectivity index (χ3v) is 2.68. The lowest BCUT2D eigenvalue weighted by atomic mass is 10.3. The van der Waals surface area contributed by atoms with Crippen LogP contribution in [0.25, 0.3) is 0 Å². The van der Waals surface area contributed by atoms with Crippen LogP contribution in [0.1, 0.15) is 0 Å². The molecule has 0 saturated heterocycles. The highest BCUT2D eigenvalue weighted by atomic mass is 35.5. The largest absolute Gasteiger partial charge is 0.480 e. The molecule has 0 atom stereocenters. The van der Waals surface area contributed by atoms with Crippen molar-refractivity contribution in [2.75, 3.05) is 32.1 Å². The van der Waals surface area contributed by atoms with Crippen LogP contribution in [0.5, 0.6) is 0 Å². The van der Waals surface area contributed by atoms with Crippen molar-refractivity contribution in [3.63, 3.8) is 0 Å². The molecule has 0 spiro atoms. The maximum atomic E-state index is 13.1. The van der Waals surface area contributed by atoms with Crippen molar-refractivity contribution in [3.8, 4) is 0 Å². The lowest BCUT2D eigenvalue weighted by Gasteiger charge is -2.21. The van der Waals surface area contributed by atoms with E-state index in [0.717, 1.165) is 17.0 Å². The molecule has 2 N–H and O–H groups in total. The van der Waals surface area contributed by atoms with E-state index in [-0.39, 0.29) is 23.9 Å². The summed E-state index contributed by atoms with van der Waals surface area (Å²) >= 11 is 5.81. The quantitative estimate of drug-likeness (QED) is 0.843. The minimum Gasteiger partial charge on any atom is -0.480 e. The number of carbonyl (C=O) groups excluding carboxylic acids is 1. The van der Waals surface area contributed by atoms with Gasteiger partial charge in [0, 0.05) is 13.7 Å². The van der Waals surface area contributed by atoms with Gasteiger partial charge in [-0.2, -0.15) is 0 Å². The number of benzene rings is 1. The first-order chi connectivity index (χ1) is 9.43. The molecule has 0 bridgehead atoms. The van der Waals surface area contributed by atoms with Gasteiger partial charge in [0.15, 0.2) is 0 Å². The number of aliphatic carboxylic acids is 1. The summed E-state index contributed by atoms with van der Waals surface area (Å²) in [6, 6.07) is 2.80. The number of nitrogens with zero attached hydrogens (tertiary/aromatic N) is 1. The lowest BCUT2D eigenvalue weighted by Crippen LogP contribution is -2.40. The smallest absolute Gasteiger partial charge is 0.323 e. The Balaban J connectivity index is 2.78. The van der Waals surface area contributed by atoms with Gasteiger partial charge in [0.1, 0.15) is 12.4 Å². The normalized spacial score (nSPS) is 10.2. The number of nitrogens with one attached hydrogen (secondary N) is 1. The average molecular weight is 305 g/mol. The fraction of sp³-hybridized carbons (Fsp3) is 0.333. The van der Waals surface area contributed by atoms with Crippen molar-refractivity contribution in [1.82, 2.24) is 4.90 Å². The molecular weight excluding hydrogens is 291 g/mol. The summed E-state index contributed by atoms with van der Waals surface area (Å²) in [7, 11) is 1.43. The summed E-state index contributed by atoms with van der Waals surface area (Å²) in [5.74, 6) is -1.73. The molecule has 1 rings (SSSR count). The van der Waals surface area contributed by atoms with E-state index in [1.165, 1.54) is 13.2 Å². The van der Waals surface area contributed by atoms with Gasteiger partial charge in [-0.3, -0.25) is 4.79 Å². The molecule has 6 nitrogen and oxygen atoms in total. The number of anilines is 1. The highest BCUT2D eigenvalue weighted by Gasteiger charge is 2.17. The highest BCUT2D eigenvalue weighted by molar-refractivity contribution is 6.33. The van der Waals surface area contributed by atoms with Gasteiger partial charge in [-0.25, -0.2) is 9.18 Å². The molecule has 1 aromatic rings. The molecule has 0 aromatic heterocycles. The Morgan fingerprint density at radius 1 is 1.50 bits per heavy atom. The van der Waals surface area contributed by atoms with E-state index in [1.807, 2.05) is 0 Å². The average Bonchev–Trinajstić information content (AvgIpc) is 2.38. The van der Waals surface area contributed by atoms with Gasteiger partial charge in [-0.15, -0.1) is 0 Å². The molecule has 0 heterocycles. The van der Waals surface area contributed by atoms with E-state index < -0.39 is 24.4 Å². The SMILES string of the molecule is COCCN(CC(=O)O)C(=O)Nc1cc(F)ccc1Cl. The van der Waals surface area contributed by atoms with Gasteiger partial charge < -0.3 is 20.1 Å². The number of rotatable bonds is 6. The van der Waals surface area contributed by atoms with E-state index in [9.17, 15) is 14.0 Å². The Morgan fingerprint density at radius 3 is 2.80 bits per heavy atom. The second kappa shape index (κ2) is 7.66. The Hall–Kier alpha value is -1.86. The number of ether oxygens (including phenoxy) is 1. The van der Waals surface area contributed by atoms with Crippen LogP contribution in [0, 0.1) is 5.82 Å². The minimum atomic E-state index is -1.17. The summed E-state index contributed by atoms with van der Waals surface area (Å²) in [5, 5.41) is 11.3. The molecule has 0 aliphatic rings. The zero-order chi connectivity index (χ0) is 15.1. The first-order valence-electron chi connectivity index (χ1n) is 5.65. The summed E-state index contributed by atoms with van der Waals surface area (Å²) in [4.78, 5) is 23.7. The minimum absolute atomic E-state index is 0.0736. The first kappa shape index (κ1) is 16.2. The van der Waals surface area contributed by atoms with Gasteiger partial charge >= 0.3 is 12.0 Å². The van der Waals surface area contributed by atoms with Crippen LogP contribution in [-0.2, 0) is 9.53 Å². The number of methoxy groups -OCH3 is 1. The van der Waals surface area contributed by atoms with Crippen LogP contribution in [-0.4, -0.2) is 48.8 Å². The van der Waals surface area contributed by atoms with Gasteiger partial charge in [0.2, 0.25) is 0 Å². The summed E-state index contributed by atoms with van der Waals surface area (Å²) < 4.78 is 17.9. The highest BCUT2D eigenvalue weighted by Crippen LogP contribution is 2.22. The predicted molar refractivity (Wildman–Crippen MR) is 71.5 cm³/mol. The van der Waals surface area contributed by atoms with Crippen molar-refractivity contribution in [2.24, 2.45) is 0 Å². The van der Waals surface area contributed by atoms with Gasteiger partial charge in [0.25, 0.3) is 0 Å². The van der Waals surface area contributed by atoms with Crippen LogP contribution in [0.2, 0.25) is 5.02 Å². The van der Waals surface area contributed by atoms with Crippen LogP contribution in [0.3, 0.4) is 0 Å². The van der Waals surface area contributed by atoms with Gasteiger partial charge in [-0.1, -0.05) is 11.6 Å². The van der Waals surface area contributed by atoms with Crippen LogP contribution >= 0.6 is 11.6 Å². The molecule has 1 aromatic carbocycles. The molecule has 2 amide bonds. The molecule has 0 saturated carbocycles. The number of amides is 2. The summed E-state index contributed by atoms with van der Waals surface area (Å²) in [6.45, 7) is -0.235. The van der Waals surface area contributed by atoms with Crippen LogP contribution in [0.15, 0.2) is 18.2 Å². The van der Waals surface area contributed by atoms with Gasteiger partial charge in [0.05, 0.1) is 17.3 Å². The summed E-state index contributed by atoms with van der Waals surface area (Å²) in [5.41, 5.74) is 0.0736. The molecule has 0 aliphatic heterocycles. The molecular formula is C12H14ClFN2O4. The van der Waals surface area contributed by atoms with Crippen molar-refractivity contribution >= 4 is 29.3 Å². The fourth-order valence-electron chi connectivity index (χ4n) is 1.40. The molecule has 8 heteroatoms. The number of carbonyl (C=O) groups is 2. The number of hydrogen-bond donors (Lipinski definition) is 2. The molecule has 20 heavy (non-hydrogen) atoms. The van der Waals surface area contributed by atoms with Crippen molar-refractivity contribution in [1.29, 1.82) is 0 Å². The third kappa shape index (κ3) is 5.02. The Labute approximate surface area is 120 Å². The van der Waals surface area contributed by atoms with Crippen LogP contribution < -0.4 is 5.32 Å². The van der Waals surface area contributed by atoms with E-state index in [1.54, 1.807) is 0 Å². The standard InChI is InChI=1S/C12H14ClFN2O4/c1-20-5-4-16(7-11(17)18)12(19)15-10-6-8(14)2-3-9(10)13/h2-3,6H,4-5,7H2,1H3,(H,15,19)(H,17,18). The number of carboxylic acids is 1. The maximum Gasteiger partial charge on any atom is 0.323 e. The molecule has 0 unspecified atom stereocenters. The summed E-state index contributed by atoms with van der Waals surface area (Å²) in [6.07, 6.45) is 0. The number of urea groups is 1. The topological polar surface area (TPSA) is 78.9 Å². The number of halogens is 2. The number of hydrogen-bond acceptors (Lipinski definition) is 3. The van der Waals surface area contributed by atoms with E-state index >= 15 is 0 Å².